The fourth-order valence-electron chi connectivity index (χ4n) is 3.51. The van der Waals surface area contributed by atoms with Crippen molar-refractivity contribution < 1.29 is 0 Å². The molecule has 1 aliphatic rings. The zero-order valence-electron chi connectivity index (χ0n) is 12.4. The van der Waals surface area contributed by atoms with Crippen LogP contribution in [0.1, 0.15) is 43.9 Å². The molecule has 0 amide bonds. The molecule has 1 heteroatoms. The third kappa shape index (κ3) is 2.38. The highest BCUT2D eigenvalue weighted by Gasteiger charge is 2.49. The van der Waals surface area contributed by atoms with E-state index >= 15 is 0 Å². The highest BCUT2D eigenvalue weighted by molar-refractivity contribution is 5.34. The van der Waals surface area contributed by atoms with E-state index in [1.54, 1.807) is 0 Å². The summed E-state index contributed by atoms with van der Waals surface area (Å²) in [6, 6.07) is 23.7. The molecule has 1 aliphatic heterocycles. The van der Waals surface area contributed by atoms with Crippen molar-refractivity contribution in [3.05, 3.63) is 71.8 Å². The normalized spacial score (nSPS) is 24.9. The predicted octanol–water partition coefficient (Wildman–Crippen LogP) is 4.65. The van der Waals surface area contributed by atoms with Crippen LogP contribution in [0.5, 0.6) is 0 Å². The molecule has 1 unspecified atom stereocenters. The van der Waals surface area contributed by atoms with Crippen molar-refractivity contribution >= 4 is 0 Å². The molecular formula is C19H23N. The summed E-state index contributed by atoms with van der Waals surface area (Å²) in [5.41, 5.74) is 2.82. The second-order valence-electron chi connectivity index (χ2n) is 5.62. The van der Waals surface area contributed by atoms with Crippen LogP contribution < -0.4 is 0 Å². The quantitative estimate of drug-likeness (QED) is 0.711. The Morgan fingerprint density at radius 3 is 1.50 bits per heavy atom. The van der Waals surface area contributed by atoms with Crippen molar-refractivity contribution in [1.82, 2.24) is 4.90 Å². The molecule has 0 aliphatic carbocycles. The van der Waals surface area contributed by atoms with Crippen molar-refractivity contribution in [3.63, 3.8) is 0 Å². The van der Waals surface area contributed by atoms with Crippen LogP contribution in [-0.2, 0) is 0 Å². The molecule has 3 atom stereocenters. The molecule has 0 N–H and O–H groups in total. The van der Waals surface area contributed by atoms with Gasteiger partial charge >= 0.3 is 0 Å². The van der Waals surface area contributed by atoms with Gasteiger partial charge in [-0.1, -0.05) is 74.5 Å². The Bertz CT molecular complexity index is 485. The lowest BCUT2D eigenvalue weighted by Crippen LogP contribution is -2.14. The minimum Gasteiger partial charge on any atom is -0.283 e. The lowest BCUT2D eigenvalue weighted by Gasteiger charge is -2.21. The number of hydrogen-bond acceptors (Lipinski definition) is 1. The standard InChI is InChI=1S/C19H23N/c1-3-17-18(4-2)20(17)19(15-11-7-5-8-12-15)16-13-9-6-10-14-16/h5-14,17-19H,3-4H2,1-2H3/t17-,18+,20?. The third-order valence-corrected chi connectivity index (χ3v) is 4.49. The lowest BCUT2D eigenvalue weighted by molar-refractivity contribution is 0.399. The summed E-state index contributed by atoms with van der Waals surface area (Å²) in [6.45, 7) is 4.61. The summed E-state index contributed by atoms with van der Waals surface area (Å²) in [5, 5.41) is 0. The zero-order chi connectivity index (χ0) is 13.9. The smallest absolute Gasteiger partial charge is 0.0608 e. The van der Waals surface area contributed by atoms with Gasteiger partial charge in [-0.15, -0.1) is 0 Å². The van der Waals surface area contributed by atoms with E-state index in [0.29, 0.717) is 6.04 Å². The minimum atomic E-state index is 0.410. The first kappa shape index (κ1) is 13.4. The molecule has 0 saturated carbocycles. The lowest BCUT2D eigenvalue weighted by atomic mass is 9.98. The van der Waals surface area contributed by atoms with Gasteiger partial charge in [0.05, 0.1) is 6.04 Å². The Balaban J connectivity index is 1.97. The van der Waals surface area contributed by atoms with E-state index in [1.165, 1.54) is 24.0 Å². The molecule has 1 saturated heterocycles. The molecule has 2 aromatic carbocycles. The summed E-state index contributed by atoms with van der Waals surface area (Å²) in [6.07, 6.45) is 2.49. The summed E-state index contributed by atoms with van der Waals surface area (Å²) < 4.78 is 0. The summed E-state index contributed by atoms with van der Waals surface area (Å²) >= 11 is 0. The summed E-state index contributed by atoms with van der Waals surface area (Å²) in [7, 11) is 0. The molecule has 1 heterocycles. The molecule has 0 radical (unpaired) electrons. The first-order valence-corrected chi connectivity index (χ1v) is 7.74. The van der Waals surface area contributed by atoms with E-state index in [-0.39, 0.29) is 0 Å². The van der Waals surface area contributed by atoms with E-state index < -0.39 is 0 Å². The van der Waals surface area contributed by atoms with E-state index in [2.05, 4.69) is 79.4 Å². The highest BCUT2D eigenvalue weighted by atomic mass is 15.4. The van der Waals surface area contributed by atoms with Gasteiger partial charge < -0.3 is 0 Å². The van der Waals surface area contributed by atoms with Crippen molar-refractivity contribution in [3.8, 4) is 0 Å². The Morgan fingerprint density at radius 1 is 0.750 bits per heavy atom. The van der Waals surface area contributed by atoms with Gasteiger partial charge in [0.15, 0.2) is 0 Å². The van der Waals surface area contributed by atoms with Crippen LogP contribution in [0, 0.1) is 0 Å². The van der Waals surface area contributed by atoms with Crippen LogP contribution in [0.3, 0.4) is 0 Å². The topological polar surface area (TPSA) is 3.01 Å². The van der Waals surface area contributed by atoms with Crippen molar-refractivity contribution in [1.29, 1.82) is 0 Å². The van der Waals surface area contributed by atoms with E-state index in [0.717, 1.165) is 12.1 Å². The monoisotopic (exact) mass is 265 g/mol. The van der Waals surface area contributed by atoms with E-state index in [1.807, 2.05) is 0 Å². The molecular weight excluding hydrogens is 242 g/mol. The van der Waals surface area contributed by atoms with Crippen LogP contribution in [-0.4, -0.2) is 17.0 Å². The van der Waals surface area contributed by atoms with Gasteiger partial charge in [0.25, 0.3) is 0 Å². The second kappa shape index (κ2) is 5.80. The van der Waals surface area contributed by atoms with Crippen LogP contribution in [0.25, 0.3) is 0 Å². The number of rotatable bonds is 5. The van der Waals surface area contributed by atoms with Crippen molar-refractivity contribution in [2.75, 3.05) is 0 Å². The van der Waals surface area contributed by atoms with E-state index in [4.69, 9.17) is 0 Å². The Morgan fingerprint density at radius 2 is 1.15 bits per heavy atom. The highest BCUT2D eigenvalue weighted by Crippen LogP contribution is 2.45. The molecule has 0 bridgehead atoms. The predicted molar refractivity (Wildman–Crippen MR) is 84.7 cm³/mol. The van der Waals surface area contributed by atoms with Crippen LogP contribution in [0.2, 0.25) is 0 Å². The first-order chi connectivity index (χ1) is 9.86. The first-order valence-electron chi connectivity index (χ1n) is 7.74. The molecule has 0 aromatic heterocycles. The van der Waals surface area contributed by atoms with Gasteiger partial charge in [-0.3, -0.25) is 4.90 Å². The molecule has 0 spiro atoms. The molecule has 2 aromatic rings. The van der Waals surface area contributed by atoms with Crippen molar-refractivity contribution in [2.24, 2.45) is 0 Å². The van der Waals surface area contributed by atoms with Crippen LogP contribution in [0.4, 0.5) is 0 Å². The summed E-state index contributed by atoms with van der Waals surface area (Å²) in [5.74, 6) is 0. The Hall–Kier alpha value is -1.60. The average Bonchev–Trinajstić information content (AvgIpc) is 3.22. The number of nitrogens with zero attached hydrogens (tertiary/aromatic N) is 1. The second-order valence-corrected chi connectivity index (χ2v) is 5.62. The maximum absolute atomic E-state index is 2.69. The zero-order valence-corrected chi connectivity index (χ0v) is 12.4. The van der Waals surface area contributed by atoms with Gasteiger partial charge in [0.1, 0.15) is 0 Å². The molecule has 1 fully saturated rings. The Labute approximate surface area is 122 Å². The summed E-state index contributed by atoms with van der Waals surface area (Å²) in [4.78, 5) is 2.69. The number of hydrogen-bond donors (Lipinski definition) is 0. The molecule has 1 nitrogen and oxygen atoms in total. The maximum Gasteiger partial charge on any atom is 0.0608 e. The van der Waals surface area contributed by atoms with Gasteiger partial charge in [-0.2, -0.15) is 0 Å². The molecule has 20 heavy (non-hydrogen) atoms. The molecule has 104 valence electrons. The fraction of sp³-hybridized carbons (Fsp3) is 0.368. The van der Waals surface area contributed by atoms with E-state index in [9.17, 15) is 0 Å². The maximum atomic E-state index is 2.69. The largest absolute Gasteiger partial charge is 0.283 e. The van der Waals surface area contributed by atoms with Gasteiger partial charge in [-0.25, -0.2) is 0 Å². The van der Waals surface area contributed by atoms with Gasteiger partial charge in [0.2, 0.25) is 0 Å². The minimum absolute atomic E-state index is 0.410. The molecule has 3 rings (SSSR count). The number of benzene rings is 2. The van der Waals surface area contributed by atoms with Crippen LogP contribution >= 0.6 is 0 Å². The average molecular weight is 265 g/mol. The Kier molecular flexibility index (Phi) is 3.88. The fourth-order valence-corrected chi connectivity index (χ4v) is 3.51. The van der Waals surface area contributed by atoms with Gasteiger partial charge in [-0.05, 0) is 24.0 Å². The third-order valence-electron chi connectivity index (χ3n) is 4.49. The van der Waals surface area contributed by atoms with Crippen molar-refractivity contribution in [2.45, 2.75) is 44.8 Å². The SMILES string of the molecule is CC[C@@H]1[C@H](CC)N1C(c1ccccc1)c1ccccc1. The van der Waals surface area contributed by atoms with Gasteiger partial charge in [0, 0.05) is 12.1 Å². The van der Waals surface area contributed by atoms with Crippen LogP contribution in [0.15, 0.2) is 60.7 Å².